The van der Waals surface area contributed by atoms with Gasteiger partial charge in [-0.05, 0) is 0 Å². The van der Waals surface area contributed by atoms with Gasteiger partial charge < -0.3 is 5.48 Å². The molecule has 0 aliphatic carbocycles. The van der Waals surface area contributed by atoms with Crippen LogP contribution in [-0.4, -0.2) is 0 Å². The molecule has 0 amide bonds. The molecule has 0 rings (SSSR count). The average Bonchev–Trinajstić information content (AvgIpc) is 0. The largest absolute Gasteiger partial charge is 3.00 e. The summed E-state index contributed by atoms with van der Waals surface area (Å²) in [5.41, 5.74) is 0. The second kappa shape index (κ2) is 15.7. The minimum absolute atomic E-state index is 0. The molecule has 0 aliphatic heterocycles. The Morgan fingerprint density at radius 3 is 1.00 bits per heavy atom. The number of hydrogen-bond donors (Lipinski definition) is 0. The minimum atomic E-state index is 0. The number of rotatable bonds is 0. The summed E-state index contributed by atoms with van der Waals surface area (Å²) in [6.45, 7) is 0. The molecule has 0 spiro atoms. The van der Waals surface area contributed by atoms with E-state index in [4.69, 9.17) is 0 Å². The van der Waals surface area contributed by atoms with Crippen molar-refractivity contribution in [3.8, 4) is 0 Å². The van der Waals surface area contributed by atoms with Gasteiger partial charge in [-0.15, -0.1) is 0 Å². The van der Waals surface area contributed by atoms with E-state index < -0.39 is 0 Å². The van der Waals surface area contributed by atoms with Crippen molar-refractivity contribution in [2.24, 2.45) is 0 Å². The van der Waals surface area contributed by atoms with E-state index in [1.807, 2.05) is 0 Å². The van der Waals surface area contributed by atoms with Crippen LogP contribution in [0, 0.1) is 124 Å². The molecule has 33 valence electrons. The van der Waals surface area contributed by atoms with Gasteiger partial charge in [0.05, 0.1) is 0 Å². The van der Waals surface area contributed by atoms with Crippen LogP contribution in [0.25, 0.3) is 0 Å². The van der Waals surface area contributed by atoms with Crippen LogP contribution in [0.2, 0.25) is 0 Å². The van der Waals surface area contributed by atoms with Gasteiger partial charge in [-0.2, -0.15) is 0 Å². The van der Waals surface area contributed by atoms with Gasteiger partial charge in [0.15, 0.2) is 0 Å². The van der Waals surface area contributed by atoms with Crippen molar-refractivity contribution in [1.29, 1.82) is 0 Å². The molecular weight excluding hydrogens is 514 g/mol. The van der Waals surface area contributed by atoms with Crippen LogP contribution in [0.4, 0.5) is 0 Å². The molecule has 0 N–H and O–H groups in total. The summed E-state index contributed by atoms with van der Waals surface area (Å²) < 4.78 is 0. The molecule has 0 aliphatic rings. The Bertz CT molecular complexity index is 8.00. The Kier molecular flexibility index (Phi) is 95.9. The van der Waals surface area contributed by atoms with Crippen LogP contribution < -0.4 is 0 Å². The molecule has 0 saturated carbocycles. The molecule has 0 fully saturated rings. The van der Waals surface area contributed by atoms with E-state index in [9.17, 15) is 0 Å². The zero-order valence-corrected chi connectivity index (χ0v) is 7.15. The van der Waals surface area contributed by atoms with E-state index in [2.05, 4.69) is 0 Å². The zero-order chi connectivity index (χ0) is 0. The van der Waals surface area contributed by atoms with Crippen LogP contribution in [0.5, 0.6) is 0 Å². The maximum atomic E-state index is 0. The summed E-state index contributed by atoms with van der Waals surface area (Å²) in [5.74, 6) is 0. The van der Waals surface area contributed by atoms with Gasteiger partial charge in [0.25, 0.3) is 0 Å². The molecular formula is ErGdOYb+7. The fraction of sp³-hybridized carbons (Fsp3) is 0. The molecule has 0 heterocycles. The average molecular weight is 514 g/mol. The molecule has 0 saturated heterocycles. The second-order valence-electron chi connectivity index (χ2n) is 0. The standard InChI is InChI=1S/Er.Gd.O.Yb/q2*+3;-2;+3. The van der Waals surface area contributed by atoms with Crippen molar-refractivity contribution in [3.05, 3.63) is 0 Å². The Labute approximate surface area is 125 Å². The van der Waals surface area contributed by atoms with E-state index >= 15 is 0 Å². The van der Waals surface area contributed by atoms with Crippen LogP contribution >= 0.6 is 0 Å². The van der Waals surface area contributed by atoms with Crippen LogP contribution in [0.1, 0.15) is 0 Å². The predicted molar refractivity (Wildman–Crippen MR) is 0.686 cm³/mol. The third-order valence-electron chi connectivity index (χ3n) is 0. The summed E-state index contributed by atoms with van der Waals surface area (Å²) in [6.07, 6.45) is 0. The first-order valence-electron chi connectivity index (χ1n) is 0. The van der Waals surface area contributed by atoms with Crippen molar-refractivity contribution >= 4 is 0 Å². The first kappa shape index (κ1) is 24.4. The topological polar surface area (TPSA) is 28.5 Å². The monoisotopic (exact) mass is 514 g/mol. The summed E-state index contributed by atoms with van der Waals surface area (Å²) in [5, 5.41) is 0. The molecule has 4 heavy (non-hydrogen) atoms. The fourth-order valence-corrected chi connectivity index (χ4v) is 0. The molecule has 3 radical (unpaired) electrons. The second-order valence-corrected chi connectivity index (χ2v) is 0. The Balaban J connectivity index is 0. The Hall–Kier alpha value is 4.05. The van der Waals surface area contributed by atoms with Crippen LogP contribution in [0.15, 0.2) is 0 Å². The van der Waals surface area contributed by atoms with Crippen molar-refractivity contribution in [2.45, 2.75) is 0 Å². The molecule has 0 aromatic carbocycles. The number of hydrogen-bond acceptors (Lipinski definition) is 0. The van der Waals surface area contributed by atoms with Gasteiger partial charge in [0.1, 0.15) is 0 Å². The van der Waals surface area contributed by atoms with Crippen LogP contribution in [0.3, 0.4) is 0 Å². The van der Waals surface area contributed by atoms with Gasteiger partial charge in [0, 0.05) is 0 Å². The third kappa shape index (κ3) is 9.41. The summed E-state index contributed by atoms with van der Waals surface area (Å²) in [4.78, 5) is 0. The first-order chi connectivity index (χ1) is 0. The summed E-state index contributed by atoms with van der Waals surface area (Å²) in [6, 6.07) is 0. The third-order valence-corrected chi connectivity index (χ3v) is 0. The normalized spacial score (nSPS) is 0. The van der Waals surface area contributed by atoms with E-state index in [1.165, 1.54) is 0 Å². The Morgan fingerprint density at radius 2 is 1.00 bits per heavy atom. The maximum Gasteiger partial charge on any atom is 3.00 e. The Morgan fingerprint density at radius 1 is 1.00 bits per heavy atom. The van der Waals surface area contributed by atoms with Crippen molar-refractivity contribution in [2.75, 3.05) is 0 Å². The smallest absolute Gasteiger partial charge is 2.00 e. The van der Waals surface area contributed by atoms with Crippen molar-refractivity contribution in [3.63, 3.8) is 0 Å². The SMILES string of the molecule is [Er+3].[Gd+3].[O-2].[Yb+3]. The molecule has 0 unspecified atom stereocenters. The predicted octanol–water partition coefficient (Wildman–Crippen LogP) is -0.119. The summed E-state index contributed by atoms with van der Waals surface area (Å²) >= 11 is 0. The molecule has 0 aromatic heterocycles. The summed E-state index contributed by atoms with van der Waals surface area (Å²) in [7, 11) is 0. The van der Waals surface area contributed by atoms with Crippen LogP contribution in [-0.2, 0) is 5.48 Å². The fourth-order valence-electron chi connectivity index (χ4n) is 0. The molecule has 1 nitrogen and oxygen atoms in total. The minimum Gasteiger partial charge on any atom is -2.00 e. The molecule has 4 heteroatoms. The van der Waals surface area contributed by atoms with Gasteiger partial charge in [-0.1, -0.05) is 0 Å². The van der Waals surface area contributed by atoms with E-state index in [-0.39, 0.29) is 130 Å². The van der Waals surface area contributed by atoms with E-state index in [1.54, 1.807) is 0 Å². The zero-order valence-electron chi connectivity index (χ0n) is 1.32. The van der Waals surface area contributed by atoms with Gasteiger partial charge in [-0.3, -0.25) is 0 Å². The quantitative estimate of drug-likeness (QED) is 0.433. The molecule has 0 bridgehead atoms. The van der Waals surface area contributed by atoms with Crippen molar-refractivity contribution in [1.82, 2.24) is 0 Å². The van der Waals surface area contributed by atoms with Gasteiger partial charge >= 0.3 is 124 Å². The van der Waals surface area contributed by atoms with Gasteiger partial charge in [-0.25, -0.2) is 0 Å². The maximum absolute atomic E-state index is 0. The molecule has 0 atom stereocenters. The van der Waals surface area contributed by atoms with E-state index in [0.29, 0.717) is 0 Å². The van der Waals surface area contributed by atoms with E-state index in [0.717, 1.165) is 0 Å². The first-order valence-corrected chi connectivity index (χ1v) is 0. The van der Waals surface area contributed by atoms with Gasteiger partial charge in [0.2, 0.25) is 0 Å². The molecule has 0 aromatic rings. The van der Waals surface area contributed by atoms with Crippen molar-refractivity contribution < 1.29 is 130 Å².